The van der Waals surface area contributed by atoms with Crippen LogP contribution in [-0.2, 0) is 16.0 Å². The summed E-state index contributed by atoms with van der Waals surface area (Å²) in [5.41, 5.74) is 2.33. The Morgan fingerprint density at radius 1 is 0.903 bits per heavy atom. The number of benzene rings is 1. The van der Waals surface area contributed by atoms with Crippen LogP contribution < -0.4 is 4.90 Å². The van der Waals surface area contributed by atoms with Crippen molar-refractivity contribution in [3.63, 3.8) is 0 Å². The zero-order chi connectivity index (χ0) is 22.8. The Balaban J connectivity index is 1.84. The summed E-state index contributed by atoms with van der Waals surface area (Å²) in [6.07, 6.45) is -2.99. The van der Waals surface area contributed by atoms with Crippen molar-refractivity contribution < 1.29 is 24.9 Å². The molecule has 1 aliphatic heterocycles. The first-order valence-corrected chi connectivity index (χ1v) is 12.1. The second-order valence-corrected chi connectivity index (χ2v) is 8.57. The molecule has 0 amide bonds. The highest BCUT2D eigenvalue weighted by molar-refractivity contribution is 6.18. The van der Waals surface area contributed by atoms with Crippen molar-refractivity contribution in [1.82, 2.24) is 5.06 Å². The second-order valence-electron chi connectivity index (χ2n) is 7.50. The Morgan fingerprint density at radius 2 is 1.55 bits per heavy atom. The van der Waals surface area contributed by atoms with E-state index in [9.17, 15) is 15.3 Å². The summed E-state index contributed by atoms with van der Waals surface area (Å²) in [5, 5.41) is 31.8. The number of hydrogen-bond donors (Lipinski definition) is 3. The van der Waals surface area contributed by atoms with Gasteiger partial charge in [-0.05, 0) is 37.0 Å². The lowest BCUT2D eigenvalue weighted by Gasteiger charge is -2.43. The fourth-order valence-electron chi connectivity index (χ4n) is 3.66. The van der Waals surface area contributed by atoms with Gasteiger partial charge in [-0.15, -0.1) is 34.8 Å². The molecule has 2 rings (SSSR count). The Kier molecular flexibility index (Phi) is 12.2. The van der Waals surface area contributed by atoms with Crippen LogP contribution in [0.4, 0.5) is 5.69 Å². The molecule has 0 aromatic heterocycles. The molecule has 1 heterocycles. The number of aliphatic hydroxyl groups is 3. The van der Waals surface area contributed by atoms with Crippen molar-refractivity contribution in [3.8, 4) is 0 Å². The largest absolute Gasteiger partial charge is 0.388 e. The van der Waals surface area contributed by atoms with Gasteiger partial charge < -0.3 is 25.0 Å². The fraction of sp³-hybridized carbons (Fsp3) is 0.714. The lowest BCUT2D eigenvalue weighted by atomic mass is 9.98. The number of aryl methyl sites for hydroxylation is 1. The number of anilines is 1. The summed E-state index contributed by atoms with van der Waals surface area (Å²) >= 11 is 17.6. The molecule has 5 atom stereocenters. The Morgan fingerprint density at radius 3 is 2.10 bits per heavy atom. The van der Waals surface area contributed by atoms with Crippen molar-refractivity contribution in [2.45, 2.75) is 49.9 Å². The minimum absolute atomic E-state index is 0.00219. The molecule has 7 nitrogen and oxygen atoms in total. The molecule has 1 aliphatic rings. The van der Waals surface area contributed by atoms with Crippen LogP contribution in [0, 0.1) is 0 Å². The van der Waals surface area contributed by atoms with Crippen LogP contribution in [0.5, 0.6) is 0 Å². The van der Waals surface area contributed by atoms with Gasteiger partial charge in [0, 0.05) is 37.1 Å². The van der Waals surface area contributed by atoms with E-state index in [1.807, 2.05) is 0 Å². The lowest BCUT2D eigenvalue weighted by Crippen LogP contribution is -2.62. The van der Waals surface area contributed by atoms with Gasteiger partial charge in [-0.2, -0.15) is 5.06 Å². The number of rotatable bonds is 13. The zero-order valence-electron chi connectivity index (χ0n) is 17.7. The molecule has 1 aromatic carbocycles. The standard InChI is InChI=1S/C21H33Cl3N2O5/c1-30-26(21-20(29)19(28)18(27)17(14-24)31-21)11-3-2-4-15-5-7-16(8-6-15)25(12-9-22)13-10-23/h5-8,17-21,27-29H,2-4,9-14H2,1H3/t17-,18-,19+,20-,21?/m1/s1. The lowest BCUT2D eigenvalue weighted by molar-refractivity contribution is -0.321. The highest BCUT2D eigenvalue weighted by atomic mass is 35.5. The van der Waals surface area contributed by atoms with Gasteiger partial charge in [0.25, 0.3) is 0 Å². The third kappa shape index (κ3) is 7.59. The summed E-state index contributed by atoms with van der Waals surface area (Å²) in [7, 11) is 1.48. The number of ether oxygens (including phenoxy) is 1. The predicted molar refractivity (Wildman–Crippen MR) is 124 cm³/mol. The van der Waals surface area contributed by atoms with E-state index >= 15 is 0 Å². The maximum absolute atomic E-state index is 10.3. The highest BCUT2D eigenvalue weighted by Crippen LogP contribution is 2.25. The van der Waals surface area contributed by atoms with Gasteiger partial charge in [-0.25, -0.2) is 0 Å². The fourth-order valence-corrected chi connectivity index (χ4v) is 4.33. The molecular formula is C21H33Cl3N2O5. The quantitative estimate of drug-likeness (QED) is 0.218. The number of hydrogen-bond acceptors (Lipinski definition) is 7. The van der Waals surface area contributed by atoms with E-state index in [0.717, 1.165) is 38.0 Å². The van der Waals surface area contributed by atoms with Gasteiger partial charge in [0.1, 0.15) is 24.4 Å². The summed E-state index contributed by atoms with van der Waals surface area (Å²) < 4.78 is 5.66. The number of hydroxylamine groups is 2. The molecular weight excluding hydrogens is 467 g/mol. The number of unbranched alkanes of at least 4 members (excludes halogenated alkanes) is 1. The van der Waals surface area contributed by atoms with Crippen molar-refractivity contribution in [3.05, 3.63) is 29.8 Å². The third-order valence-corrected chi connectivity index (χ3v) is 6.10. The van der Waals surface area contributed by atoms with Crippen LogP contribution in [-0.4, -0.2) is 95.4 Å². The summed E-state index contributed by atoms with van der Waals surface area (Å²) in [6.45, 7) is 2.01. The van der Waals surface area contributed by atoms with Crippen molar-refractivity contribution in [1.29, 1.82) is 0 Å². The van der Waals surface area contributed by atoms with Gasteiger partial charge in [0.2, 0.25) is 0 Å². The highest BCUT2D eigenvalue weighted by Gasteiger charge is 2.45. The molecule has 3 N–H and O–H groups in total. The second kappa shape index (κ2) is 14.0. The summed E-state index contributed by atoms with van der Waals surface area (Å²) in [6, 6.07) is 8.38. The van der Waals surface area contributed by atoms with Crippen LogP contribution in [0.2, 0.25) is 0 Å². The number of halogens is 3. The minimum Gasteiger partial charge on any atom is -0.388 e. The van der Waals surface area contributed by atoms with Crippen LogP contribution in [0.25, 0.3) is 0 Å². The maximum atomic E-state index is 10.3. The molecule has 1 aromatic rings. The smallest absolute Gasteiger partial charge is 0.161 e. The maximum Gasteiger partial charge on any atom is 0.161 e. The van der Waals surface area contributed by atoms with Crippen LogP contribution in [0.3, 0.4) is 0 Å². The van der Waals surface area contributed by atoms with Gasteiger partial charge in [-0.3, -0.25) is 4.84 Å². The number of aliphatic hydroxyl groups excluding tert-OH is 3. The summed E-state index contributed by atoms with van der Waals surface area (Å²) in [4.78, 5) is 7.52. The molecule has 10 heteroatoms. The topological polar surface area (TPSA) is 85.6 Å². The molecule has 1 unspecified atom stereocenters. The van der Waals surface area contributed by atoms with E-state index in [1.165, 1.54) is 17.7 Å². The number of nitrogens with zero attached hydrogens (tertiary/aromatic N) is 2. The molecule has 0 aliphatic carbocycles. The SMILES string of the molecule is CON(CCCCc1ccc(N(CCCl)CCCl)cc1)C1O[C@H](CCl)[C@@H](O)[C@H](O)[C@H]1O. The van der Waals surface area contributed by atoms with Gasteiger partial charge in [0.05, 0.1) is 13.0 Å². The van der Waals surface area contributed by atoms with E-state index in [-0.39, 0.29) is 5.88 Å². The monoisotopic (exact) mass is 498 g/mol. The van der Waals surface area contributed by atoms with Crippen LogP contribution >= 0.6 is 34.8 Å². The Labute approximate surface area is 199 Å². The number of alkyl halides is 3. The average Bonchev–Trinajstić information content (AvgIpc) is 2.79. The third-order valence-electron chi connectivity index (χ3n) is 5.46. The van der Waals surface area contributed by atoms with Crippen LogP contribution in [0.15, 0.2) is 24.3 Å². The molecule has 31 heavy (non-hydrogen) atoms. The molecule has 0 radical (unpaired) electrons. The zero-order valence-corrected chi connectivity index (χ0v) is 20.0. The average molecular weight is 500 g/mol. The van der Waals surface area contributed by atoms with Crippen molar-refractivity contribution in [2.24, 2.45) is 0 Å². The summed E-state index contributed by atoms with van der Waals surface area (Å²) in [5.74, 6) is 1.10. The van der Waals surface area contributed by atoms with Gasteiger partial charge in [0.15, 0.2) is 6.23 Å². The molecule has 1 fully saturated rings. The molecule has 1 saturated heterocycles. The first-order valence-electron chi connectivity index (χ1n) is 10.5. The first-order chi connectivity index (χ1) is 15.0. The van der Waals surface area contributed by atoms with Crippen molar-refractivity contribution >= 4 is 40.5 Å². The minimum atomic E-state index is -1.35. The van der Waals surface area contributed by atoms with Gasteiger partial charge in [-0.1, -0.05) is 12.1 Å². The van der Waals surface area contributed by atoms with E-state index in [4.69, 9.17) is 44.4 Å². The van der Waals surface area contributed by atoms with Gasteiger partial charge >= 0.3 is 0 Å². The normalized spacial score (nSPS) is 26.4. The Hall–Kier alpha value is -0.350. The molecule has 0 bridgehead atoms. The van der Waals surface area contributed by atoms with E-state index < -0.39 is 30.6 Å². The van der Waals surface area contributed by atoms with Crippen LogP contribution in [0.1, 0.15) is 18.4 Å². The van der Waals surface area contributed by atoms with E-state index in [1.54, 1.807) is 0 Å². The molecule has 178 valence electrons. The van der Waals surface area contributed by atoms with E-state index in [0.29, 0.717) is 18.3 Å². The Bertz CT molecular complexity index is 620. The van der Waals surface area contributed by atoms with E-state index in [2.05, 4.69) is 29.2 Å². The predicted octanol–water partition coefficient (Wildman–Crippen LogP) is 2.20. The van der Waals surface area contributed by atoms with Crippen molar-refractivity contribution in [2.75, 3.05) is 49.3 Å². The molecule has 0 saturated carbocycles. The first kappa shape index (κ1) is 26.9. The molecule has 0 spiro atoms.